The zero-order valence-corrected chi connectivity index (χ0v) is 12.3. The zero-order chi connectivity index (χ0) is 14.0. The van der Waals surface area contributed by atoms with Crippen LogP contribution in [0.5, 0.6) is 0 Å². The Labute approximate surface area is 119 Å². The van der Waals surface area contributed by atoms with Crippen molar-refractivity contribution in [2.24, 2.45) is 0 Å². The van der Waals surface area contributed by atoms with Crippen LogP contribution in [0.25, 0.3) is 0 Å². The van der Waals surface area contributed by atoms with Crippen LogP contribution in [-0.4, -0.2) is 20.4 Å². The molecule has 0 saturated carbocycles. The van der Waals surface area contributed by atoms with Gasteiger partial charge in [0.2, 0.25) is 0 Å². The molecule has 7 heteroatoms. The van der Waals surface area contributed by atoms with Gasteiger partial charge in [0, 0.05) is 17.7 Å². The predicted octanol–water partition coefficient (Wildman–Crippen LogP) is 2.81. The maximum atomic E-state index is 13.8. The Kier molecular flexibility index (Phi) is 3.86. The van der Waals surface area contributed by atoms with Crippen molar-refractivity contribution >= 4 is 31.6 Å². The molecule has 2 aromatic rings. The Bertz CT molecular complexity index is 692. The van der Waals surface area contributed by atoms with Crippen LogP contribution in [0.3, 0.4) is 0 Å². The Morgan fingerprint density at radius 1 is 1.32 bits per heavy atom. The van der Waals surface area contributed by atoms with E-state index in [0.717, 1.165) is 10.4 Å². The minimum absolute atomic E-state index is 0.366. The number of pyridine rings is 1. The Morgan fingerprint density at radius 3 is 2.63 bits per heavy atom. The molecule has 19 heavy (non-hydrogen) atoms. The second-order valence-corrected chi connectivity index (χ2v) is 6.61. The number of hydrogen-bond donors (Lipinski definition) is 0. The molecule has 0 fully saturated rings. The van der Waals surface area contributed by atoms with Gasteiger partial charge in [-0.15, -0.1) is 0 Å². The molecule has 2 rings (SSSR count). The Balaban J connectivity index is 2.48. The fraction of sp³-hybridized carbons (Fsp3) is 0.0833. The van der Waals surface area contributed by atoms with E-state index in [-0.39, 0.29) is 4.90 Å². The molecular weight excluding hydrogens is 335 g/mol. The maximum Gasteiger partial charge on any atom is 0.267 e. The lowest BCUT2D eigenvalue weighted by molar-refractivity contribution is 0.565. The number of benzene rings is 1. The van der Waals surface area contributed by atoms with Gasteiger partial charge in [-0.3, -0.25) is 9.29 Å². The summed E-state index contributed by atoms with van der Waals surface area (Å²) in [6.45, 7) is 0. The van der Waals surface area contributed by atoms with Crippen molar-refractivity contribution in [2.45, 2.75) is 4.90 Å². The van der Waals surface area contributed by atoms with Gasteiger partial charge in [-0.05, 0) is 30.3 Å². The molecule has 0 radical (unpaired) electrons. The quantitative estimate of drug-likeness (QED) is 0.860. The van der Waals surface area contributed by atoms with Crippen LogP contribution in [0.1, 0.15) is 0 Å². The SMILES string of the molecule is CN(c1cccnc1)S(=O)(=O)c1ccc(Br)cc1F. The van der Waals surface area contributed by atoms with Crippen LogP contribution in [-0.2, 0) is 10.0 Å². The highest BCUT2D eigenvalue weighted by Crippen LogP contribution is 2.25. The predicted molar refractivity (Wildman–Crippen MR) is 73.9 cm³/mol. The van der Waals surface area contributed by atoms with E-state index < -0.39 is 15.8 Å². The van der Waals surface area contributed by atoms with Crippen molar-refractivity contribution in [1.29, 1.82) is 0 Å². The lowest BCUT2D eigenvalue weighted by Crippen LogP contribution is -2.27. The molecule has 0 aliphatic heterocycles. The summed E-state index contributed by atoms with van der Waals surface area (Å²) >= 11 is 3.09. The first-order chi connectivity index (χ1) is 8.93. The van der Waals surface area contributed by atoms with Crippen molar-refractivity contribution in [2.75, 3.05) is 11.4 Å². The lowest BCUT2D eigenvalue weighted by Gasteiger charge is -2.19. The number of aromatic nitrogens is 1. The van der Waals surface area contributed by atoms with Gasteiger partial charge in [-0.2, -0.15) is 0 Å². The molecule has 0 N–H and O–H groups in total. The van der Waals surface area contributed by atoms with Gasteiger partial charge in [0.15, 0.2) is 0 Å². The molecule has 1 aromatic carbocycles. The standard InChI is InChI=1S/C12H10BrFN2O2S/c1-16(10-3-2-6-15-8-10)19(17,18)12-5-4-9(13)7-11(12)14/h2-8H,1H3. The lowest BCUT2D eigenvalue weighted by atomic mass is 10.3. The highest BCUT2D eigenvalue weighted by molar-refractivity contribution is 9.10. The molecule has 4 nitrogen and oxygen atoms in total. The molecule has 0 bridgehead atoms. The number of hydrogen-bond acceptors (Lipinski definition) is 3. The van der Waals surface area contributed by atoms with Gasteiger partial charge in [-0.25, -0.2) is 12.8 Å². The number of nitrogens with zero attached hydrogens (tertiary/aromatic N) is 2. The third kappa shape index (κ3) is 2.76. The fourth-order valence-electron chi connectivity index (χ4n) is 1.51. The smallest absolute Gasteiger partial charge is 0.267 e. The van der Waals surface area contributed by atoms with Crippen LogP contribution in [0.2, 0.25) is 0 Å². The first-order valence-corrected chi connectivity index (χ1v) is 7.50. The van der Waals surface area contributed by atoms with Gasteiger partial charge >= 0.3 is 0 Å². The van der Waals surface area contributed by atoms with E-state index in [1.54, 1.807) is 12.1 Å². The molecule has 0 atom stereocenters. The Morgan fingerprint density at radius 2 is 2.05 bits per heavy atom. The monoisotopic (exact) mass is 344 g/mol. The Hall–Kier alpha value is -1.47. The van der Waals surface area contributed by atoms with E-state index in [1.807, 2.05) is 0 Å². The van der Waals surface area contributed by atoms with E-state index in [0.29, 0.717) is 10.2 Å². The molecule has 0 saturated heterocycles. The van der Waals surface area contributed by atoms with Crippen molar-refractivity contribution in [3.8, 4) is 0 Å². The van der Waals surface area contributed by atoms with Crippen molar-refractivity contribution < 1.29 is 12.8 Å². The first kappa shape index (κ1) is 14.0. The minimum Gasteiger partial charge on any atom is -0.268 e. The van der Waals surface area contributed by atoms with Gasteiger partial charge in [0.1, 0.15) is 10.7 Å². The van der Waals surface area contributed by atoms with E-state index in [2.05, 4.69) is 20.9 Å². The zero-order valence-electron chi connectivity index (χ0n) is 9.92. The summed E-state index contributed by atoms with van der Waals surface area (Å²) in [6.07, 6.45) is 2.93. The molecule has 0 amide bonds. The number of anilines is 1. The summed E-state index contributed by atoms with van der Waals surface area (Å²) in [7, 11) is -2.59. The third-order valence-corrected chi connectivity index (χ3v) is 4.85. The highest BCUT2D eigenvalue weighted by Gasteiger charge is 2.24. The second kappa shape index (κ2) is 5.26. The van der Waals surface area contributed by atoms with Crippen molar-refractivity contribution in [3.63, 3.8) is 0 Å². The summed E-state index contributed by atoms with van der Waals surface area (Å²) in [4.78, 5) is 3.47. The molecule has 0 aliphatic carbocycles. The maximum absolute atomic E-state index is 13.8. The topological polar surface area (TPSA) is 50.3 Å². The van der Waals surface area contributed by atoms with Crippen LogP contribution in [0.4, 0.5) is 10.1 Å². The minimum atomic E-state index is -3.94. The molecule has 1 aromatic heterocycles. The van der Waals surface area contributed by atoms with Gasteiger partial charge in [0.05, 0.1) is 11.9 Å². The number of halogens is 2. The van der Waals surface area contributed by atoms with E-state index in [9.17, 15) is 12.8 Å². The largest absolute Gasteiger partial charge is 0.268 e. The summed E-state index contributed by atoms with van der Waals surface area (Å²) in [5.41, 5.74) is 0.366. The van der Waals surface area contributed by atoms with Gasteiger partial charge < -0.3 is 0 Å². The van der Waals surface area contributed by atoms with Gasteiger partial charge in [0.25, 0.3) is 10.0 Å². The summed E-state index contributed by atoms with van der Waals surface area (Å²) in [5.74, 6) is -0.801. The van der Waals surface area contributed by atoms with Crippen LogP contribution < -0.4 is 4.31 Å². The summed E-state index contributed by atoms with van der Waals surface area (Å²) < 4.78 is 39.9. The normalized spacial score (nSPS) is 11.3. The van der Waals surface area contributed by atoms with E-state index in [4.69, 9.17) is 0 Å². The second-order valence-electron chi connectivity index (χ2n) is 3.76. The molecule has 100 valence electrons. The molecule has 0 unspecified atom stereocenters. The van der Waals surface area contributed by atoms with Crippen molar-refractivity contribution in [3.05, 3.63) is 53.0 Å². The highest BCUT2D eigenvalue weighted by atomic mass is 79.9. The van der Waals surface area contributed by atoms with Crippen LogP contribution in [0, 0.1) is 5.82 Å². The van der Waals surface area contributed by atoms with Crippen LogP contribution >= 0.6 is 15.9 Å². The first-order valence-electron chi connectivity index (χ1n) is 5.27. The molecule has 1 heterocycles. The average Bonchev–Trinajstić information content (AvgIpc) is 2.38. The van der Waals surface area contributed by atoms with Crippen molar-refractivity contribution in [1.82, 2.24) is 4.98 Å². The third-order valence-electron chi connectivity index (χ3n) is 2.54. The number of sulfonamides is 1. The average molecular weight is 345 g/mol. The molecule has 0 spiro atoms. The summed E-state index contributed by atoms with van der Waals surface area (Å²) in [5, 5.41) is 0. The van der Waals surface area contributed by atoms with Gasteiger partial charge in [-0.1, -0.05) is 15.9 Å². The number of rotatable bonds is 3. The van der Waals surface area contributed by atoms with E-state index >= 15 is 0 Å². The molecular formula is C12H10BrFN2O2S. The fourth-order valence-corrected chi connectivity index (χ4v) is 3.07. The molecule has 0 aliphatic rings. The summed E-state index contributed by atoms with van der Waals surface area (Å²) in [6, 6.07) is 7.01. The van der Waals surface area contributed by atoms with Crippen LogP contribution in [0.15, 0.2) is 52.1 Å². The van der Waals surface area contributed by atoms with E-state index in [1.165, 1.54) is 31.6 Å².